The molecule has 0 fully saturated rings. The average molecular weight is 306 g/mol. The molecule has 3 N–H and O–H groups in total. The van der Waals surface area contributed by atoms with Gasteiger partial charge in [-0.25, -0.2) is 0 Å². The van der Waals surface area contributed by atoms with Crippen molar-refractivity contribution in [2.24, 2.45) is 0 Å². The zero-order chi connectivity index (χ0) is 15.2. The number of halogens is 1. The third kappa shape index (κ3) is 4.46. The lowest BCUT2D eigenvalue weighted by atomic mass is 10.1. The molecule has 0 heterocycles. The number of nitrogens with one attached hydrogen (secondary N) is 1. The maximum Gasteiger partial charge on any atom is 0.134 e. The fourth-order valence-corrected chi connectivity index (χ4v) is 2.51. The summed E-state index contributed by atoms with van der Waals surface area (Å²) in [7, 11) is 0. The topological polar surface area (TPSA) is 52.5 Å². The first-order valence-corrected chi connectivity index (χ1v) is 7.38. The molecule has 0 aliphatic heterocycles. The van der Waals surface area contributed by atoms with Crippen LogP contribution in [0, 0.1) is 0 Å². The summed E-state index contributed by atoms with van der Waals surface area (Å²) in [5, 5.41) is 23.2. The van der Waals surface area contributed by atoms with Gasteiger partial charge in [-0.05, 0) is 25.0 Å². The standard InChI is InChI=1S/C17H20ClNO2/c1-12(10-13-6-3-2-4-7-13)19-11-16(21)14-8-5-9-15(20)17(14)18/h2-9,12,16,19-21H,10-11H2,1H3/t12-,16+/m1/s1. The molecule has 0 saturated heterocycles. The molecule has 0 aliphatic rings. The molecule has 0 amide bonds. The Balaban J connectivity index is 1.89. The number of phenols is 1. The van der Waals surface area contributed by atoms with E-state index in [0.29, 0.717) is 12.1 Å². The number of hydrogen-bond acceptors (Lipinski definition) is 3. The fourth-order valence-electron chi connectivity index (χ4n) is 2.26. The molecule has 3 nitrogen and oxygen atoms in total. The molecule has 112 valence electrons. The number of benzene rings is 2. The van der Waals surface area contributed by atoms with Crippen molar-refractivity contribution in [3.05, 3.63) is 64.7 Å². The minimum absolute atomic E-state index is 0.00875. The molecular formula is C17H20ClNO2. The number of hydrogen-bond donors (Lipinski definition) is 3. The second-order valence-electron chi connectivity index (χ2n) is 5.20. The van der Waals surface area contributed by atoms with Crippen LogP contribution in [0.5, 0.6) is 5.75 Å². The molecule has 2 rings (SSSR count). The lowest BCUT2D eigenvalue weighted by Crippen LogP contribution is -2.32. The van der Waals surface area contributed by atoms with E-state index in [-0.39, 0.29) is 16.8 Å². The highest BCUT2D eigenvalue weighted by atomic mass is 35.5. The monoisotopic (exact) mass is 305 g/mol. The minimum Gasteiger partial charge on any atom is -0.506 e. The van der Waals surface area contributed by atoms with Gasteiger partial charge in [0.2, 0.25) is 0 Å². The maximum atomic E-state index is 10.2. The van der Waals surface area contributed by atoms with Crippen LogP contribution in [0.15, 0.2) is 48.5 Å². The third-order valence-corrected chi connectivity index (χ3v) is 3.82. The molecule has 0 aliphatic carbocycles. The van der Waals surface area contributed by atoms with Crippen LogP contribution >= 0.6 is 11.6 Å². The highest BCUT2D eigenvalue weighted by Gasteiger charge is 2.14. The Hall–Kier alpha value is -1.55. The quantitative estimate of drug-likeness (QED) is 0.767. The summed E-state index contributed by atoms with van der Waals surface area (Å²) in [5.74, 6) is -0.00875. The van der Waals surface area contributed by atoms with Gasteiger partial charge in [-0.2, -0.15) is 0 Å². The van der Waals surface area contributed by atoms with Crippen molar-refractivity contribution in [2.75, 3.05) is 6.54 Å². The second-order valence-corrected chi connectivity index (χ2v) is 5.57. The van der Waals surface area contributed by atoms with E-state index in [1.54, 1.807) is 12.1 Å². The van der Waals surface area contributed by atoms with Crippen molar-refractivity contribution in [1.29, 1.82) is 0 Å². The molecule has 0 bridgehead atoms. The van der Waals surface area contributed by atoms with Crippen LogP contribution in [0.2, 0.25) is 5.02 Å². The van der Waals surface area contributed by atoms with Gasteiger partial charge in [-0.3, -0.25) is 0 Å². The largest absolute Gasteiger partial charge is 0.506 e. The number of rotatable bonds is 6. The van der Waals surface area contributed by atoms with Gasteiger partial charge in [-0.15, -0.1) is 0 Å². The molecule has 0 aromatic heterocycles. The highest BCUT2D eigenvalue weighted by molar-refractivity contribution is 6.32. The molecule has 2 atom stereocenters. The number of aromatic hydroxyl groups is 1. The lowest BCUT2D eigenvalue weighted by Gasteiger charge is -2.18. The van der Waals surface area contributed by atoms with Crippen molar-refractivity contribution in [2.45, 2.75) is 25.5 Å². The zero-order valence-corrected chi connectivity index (χ0v) is 12.7. The Bertz CT molecular complexity index is 574. The molecule has 0 saturated carbocycles. The van der Waals surface area contributed by atoms with E-state index in [4.69, 9.17) is 11.6 Å². The summed E-state index contributed by atoms with van der Waals surface area (Å²) < 4.78 is 0. The van der Waals surface area contributed by atoms with E-state index in [9.17, 15) is 10.2 Å². The Morgan fingerprint density at radius 2 is 1.81 bits per heavy atom. The van der Waals surface area contributed by atoms with Crippen LogP contribution in [-0.2, 0) is 6.42 Å². The third-order valence-electron chi connectivity index (χ3n) is 3.41. The van der Waals surface area contributed by atoms with Gasteiger partial charge in [0, 0.05) is 18.2 Å². The van der Waals surface area contributed by atoms with Crippen LogP contribution in [-0.4, -0.2) is 22.8 Å². The maximum absolute atomic E-state index is 10.2. The van der Waals surface area contributed by atoms with E-state index >= 15 is 0 Å². The van der Waals surface area contributed by atoms with Gasteiger partial charge in [0.25, 0.3) is 0 Å². The second kappa shape index (κ2) is 7.46. The highest BCUT2D eigenvalue weighted by Crippen LogP contribution is 2.30. The molecule has 0 radical (unpaired) electrons. The first kappa shape index (κ1) is 15.8. The lowest BCUT2D eigenvalue weighted by molar-refractivity contribution is 0.170. The number of aliphatic hydroxyl groups is 1. The summed E-state index contributed by atoms with van der Waals surface area (Å²) in [5.41, 5.74) is 1.79. The Morgan fingerprint density at radius 1 is 1.10 bits per heavy atom. The van der Waals surface area contributed by atoms with E-state index in [0.717, 1.165) is 6.42 Å². The Labute approximate surface area is 130 Å². The van der Waals surface area contributed by atoms with E-state index in [1.165, 1.54) is 11.6 Å². The van der Waals surface area contributed by atoms with Crippen molar-refractivity contribution >= 4 is 11.6 Å². The summed E-state index contributed by atoms with van der Waals surface area (Å²) >= 11 is 6.00. The van der Waals surface area contributed by atoms with Gasteiger partial charge in [-0.1, -0.05) is 54.1 Å². The Kier molecular flexibility index (Phi) is 5.62. The molecule has 0 unspecified atom stereocenters. The van der Waals surface area contributed by atoms with Crippen LogP contribution in [0.4, 0.5) is 0 Å². The Morgan fingerprint density at radius 3 is 2.52 bits per heavy atom. The molecule has 2 aromatic rings. The van der Waals surface area contributed by atoms with E-state index in [2.05, 4.69) is 24.4 Å². The molecule has 4 heteroatoms. The fraction of sp³-hybridized carbons (Fsp3) is 0.294. The summed E-state index contributed by atoms with van der Waals surface area (Å²) in [6, 6.07) is 15.3. The molecule has 0 spiro atoms. The van der Waals surface area contributed by atoms with Crippen molar-refractivity contribution < 1.29 is 10.2 Å². The van der Waals surface area contributed by atoms with Crippen molar-refractivity contribution in [1.82, 2.24) is 5.32 Å². The smallest absolute Gasteiger partial charge is 0.134 e. The molecular weight excluding hydrogens is 286 g/mol. The van der Waals surface area contributed by atoms with Crippen LogP contribution in [0.3, 0.4) is 0 Å². The molecule has 21 heavy (non-hydrogen) atoms. The van der Waals surface area contributed by atoms with Gasteiger partial charge in [0.05, 0.1) is 11.1 Å². The summed E-state index contributed by atoms with van der Waals surface area (Å²) in [6.07, 6.45) is 0.143. The first-order chi connectivity index (χ1) is 10.1. The first-order valence-electron chi connectivity index (χ1n) is 7.00. The summed E-state index contributed by atoms with van der Waals surface area (Å²) in [4.78, 5) is 0. The van der Waals surface area contributed by atoms with E-state index in [1.807, 2.05) is 18.2 Å². The van der Waals surface area contributed by atoms with Gasteiger partial charge in [0.1, 0.15) is 5.75 Å². The predicted octanol–water partition coefficient (Wildman–Crippen LogP) is 3.30. The van der Waals surface area contributed by atoms with Gasteiger partial charge >= 0.3 is 0 Å². The van der Waals surface area contributed by atoms with Crippen LogP contribution in [0.1, 0.15) is 24.2 Å². The van der Waals surface area contributed by atoms with E-state index < -0.39 is 6.10 Å². The zero-order valence-electron chi connectivity index (χ0n) is 12.0. The molecule has 2 aromatic carbocycles. The number of aliphatic hydroxyl groups excluding tert-OH is 1. The van der Waals surface area contributed by atoms with Gasteiger partial charge in [0.15, 0.2) is 0 Å². The normalized spacial score (nSPS) is 13.9. The summed E-state index contributed by atoms with van der Waals surface area (Å²) in [6.45, 7) is 2.46. The SMILES string of the molecule is C[C@H](Cc1ccccc1)NC[C@H](O)c1cccc(O)c1Cl. The van der Waals surface area contributed by atoms with Crippen LogP contribution in [0.25, 0.3) is 0 Å². The minimum atomic E-state index is -0.747. The average Bonchev–Trinajstić information content (AvgIpc) is 2.48. The van der Waals surface area contributed by atoms with Crippen molar-refractivity contribution in [3.8, 4) is 5.75 Å². The predicted molar refractivity (Wildman–Crippen MR) is 85.7 cm³/mol. The van der Waals surface area contributed by atoms with Crippen LogP contribution < -0.4 is 5.32 Å². The number of phenolic OH excluding ortho intramolecular Hbond substituents is 1. The van der Waals surface area contributed by atoms with Crippen molar-refractivity contribution in [3.63, 3.8) is 0 Å². The van der Waals surface area contributed by atoms with Gasteiger partial charge < -0.3 is 15.5 Å².